The van der Waals surface area contributed by atoms with E-state index < -0.39 is 0 Å². The van der Waals surface area contributed by atoms with Crippen LogP contribution in [0, 0.1) is 0 Å². The van der Waals surface area contributed by atoms with Gasteiger partial charge in [-0.05, 0) is 24.3 Å². The number of tetrazole rings is 1. The molecule has 0 saturated carbocycles. The number of nitrogens with zero attached hydrogens (tertiary/aromatic N) is 6. The Balaban J connectivity index is 1.87. The van der Waals surface area contributed by atoms with Crippen molar-refractivity contribution < 1.29 is 0 Å². The van der Waals surface area contributed by atoms with Crippen LogP contribution in [0.25, 0.3) is 11.3 Å². The Morgan fingerprint density at radius 3 is 2.90 bits per heavy atom. The fourth-order valence-corrected chi connectivity index (χ4v) is 1.78. The highest BCUT2D eigenvalue weighted by molar-refractivity contribution is 5.66. The van der Waals surface area contributed by atoms with Gasteiger partial charge in [0.25, 0.3) is 5.95 Å². The normalized spacial score (nSPS) is 10.3. The summed E-state index contributed by atoms with van der Waals surface area (Å²) >= 11 is 0. The Kier molecular flexibility index (Phi) is 3.63. The van der Waals surface area contributed by atoms with Crippen LogP contribution in [0.2, 0.25) is 0 Å². The van der Waals surface area contributed by atoms with E-state index >= 15 is 0 Å². The quantitative estimate of drug-likeness (QED) is 0.640. The van der Waals surface area contributed by atoms with E-state index in [-0.39, 0.29) is 0 Å². The van der Waals surface area contributed by atoms with Crippen molar-refractivity contribution >= 4 is 17.6 Å². The zero-order valence-corrected chi connectivity index (χ0v) is 11.3. The van der Waals surface area contributed by atoms with Crippen LogP contribution in [0.4, 0.5) is 17.6 Å². The SMILES string of the molecule is CCNc1cc(-c2ccnc(Nc3nn[nH]n3)c2)ncn1. The highest BCUT2D eigenvalue weighted by atomic mass is 15.5. The maximum absolute atomic E-state index is 4.27. The Labute approximate surface area is 120 Å². The summed E-state index contributed by atoms with van der Waals surface area (Å²) in [5, 5.41) is 19.6. The molecule has 0 radical (unpaired) electrons. The maximum Gasteiger partial charge on any atom is 0.268 e. The first kappa shape index (κ1) is 12.9. The summed E-state index contributed by atoms with van der Waals surface area (Å²) in [5.41, 5.74) is 1.72. The van der Waals surface area contributed by atoms with E-state index in [9.17, 15) is 0 Å². The predicted octanol–water partition coefficient (Wildman–Crippen LogP) is 1.23. The van der Waals surface area contributed by atoms with Crippen molar-refractivity contribution in [1.82, 2.24) is 35.6 Å². The van der Waals surface area contributed by atoms with Gasteiger partial charge in [-0.2, -0.15) is 5.21 Å². The molecule has 0 aromatic carbocycles. The number of nitrogens with one attached hydrogen (secondary N) is 3. The van der Waals surface area contributed by atoms with Gasteiger partial charge in [0, 0.05) is 24.4 Å². The van der Waals surface area contributed by atoms with Gasteiger partial charge in [-0.3, -0.25) is 0 Å². The number of aromatic amines is 1. The van der Waals surface area contributed by atoms with Gasteiger partial charge in [0.05, 0.1) is 5.69 Å². The van der Waals surface area contributed by atoms with E-state index in [2.05, 4.69) is 46.2 Å². The van der Waals surface area contributed by atoms with E-state index in [4.69, 9.17) is 0 Å². The predicted molar refractivity (Wildman–Crippen MR) is 76.9 cm³/mol. The van der Waals surface area contributed by atoms with Crippen molar-refractivity contribution in [2.45, 2.75) is 6.92 Å². The summed E-state index contributed by atoms with van der Waals surface area (Å²) in [6, 6.07) is 5.62. The number of rotatable bonds is 5. The first-order valence-corrected chi connectivity index (χ1v) is 6.38. The minimum absolute atomic E-state index is 0.357. The van der Waals surface area contributed by atoms with E-state index in [1.54, 1.807) is 6.20 Å². The van der Waals surface area contributed by atoms with Crippen molar-refractivity contribution in [2.75, 3.05) is 17.2 Å². The van der Waals surface area contributed by atoms with E-state index in [0.717, 1.165) is 23.6 Å². The lowest BCUT2D eigenvalue weighted by Gasteiger charge is -2.06. The molecule has 0 spiro atoms. The average molecular weight is 283 g/mol. The summed E-state index contributed by atoms with van der Waals surface area (Å²) in [6.07, 6.45) is 3.22. The van der Waals surface area contributed by atoms with Crippen LogP contribution in [0.15, 0.2) is 30.7 Å². The largest absolute Gasteiger partial charge is 0.370 e. The standard InChI is InChI=1S/C12H13N9/c1-2-13-10-6-9(15-7-16-10)8-3-4-14-11(5-8)17-12-18-20-21-19-12/h3-7H,2H2,1H3,(H,13,15,16)(H2,14,17,18,19,20,21). The van der Waals surface area contributed by atoms with Crippen LogP contribution in [0.5, 0.6) is 0 Å². The average Bonchev–Trinajstić information content (AvgIpc) is 3.01. The molecule has 0 amide bonds. The maximum atomic E-state index is 4.27. The lowest BCUT2D eigenvalue weighted by atomic mass is 10.2. The number of hydrogen-bond acceptors (Lipinski definition) is 8. The second-order valence-electron chi connectivity index (χ2n) is 4.11. The van der Waals surface area contributed by atoms with Crippen molar-refractivity contribution in [3.05, 3.63) is 30.7 Å². The zero-order valence-electron chi connectivity index (χ0n) is 11.3. The summed E-state index contributed by atoms with van der Waals surface area (Å²) in [7, 11) is 0. The summed E-state index contributed by atoms with van der Waals surface area (Å²) in [6.45, 7) is 2.82. The third-order valence-electron chi connectivity index (χ3n) is 2.67. The van der Waals surface area contributed by atoms with Crippen LogP contribution in [-0.2, 0) is 0 Å². The fourth-order valence-electron chi connectivity index (χ4n) is 1.78. The Hall–Kier alpha value is -3.10. The molecule has 21 heavy (non-hydrogen) atoms. The topological polar surface area (TPSA) is 117 Å². The third kappa shape index (κ3) is 3.08. The number of hydrogen-bond donors (Lipinski definition) is 3. The van der Waals surface area contributed by atoms with E-state index in [1.807, 2.05) is 25.1 Å². The summed E-state index contributed by atoms with van der Waals surface area (Å²) in [4.78, 5) is 12.6. The Morgan fingerprint density at radius 2 is 2.10 bits per heavy atom. The van der Waals surface area contributed by atoms with Crippen LogP contribution >= 0.6 is 0 Å². The van der Waals surface area contributed by atoms with Crippen LogP contribution in [0.1, 0.15) is 6.92 Å². The molecule has 0 aliphatic carbocycles. The van der Waals surface area contributed by atoms with Gasteiger partial charge in [-0.15, -0.1) is 5.10 Å². The fraction of sp³-hybridized carbons (Fsp3) is 0.167. The van der Waals surface area contributed by atoms with E-state index in [0.29, 0.717) is 11.8 Å². The summed E-state index contributed by atoms with van der Waals surface area (Å²) in [5.74, 6) is 1.75. The highest BCUT2D eigenvalue weighted by Gasteiger charge is 2.05. The van der Waals surface area contributed by atoms with Crippen LogP contribution < -0.4 is 10.6 Å². The first-order chi connectivity index (χ1) is 10.3. The summed E-state index contributed by atoms with van der Waals surface area (Å²) < 4.78 is 0. The lowest BCUT2D eigenvalue weighted by Crippen LogP contribution is -2.00. The molecule has 0 fully saturated rings. The molecule has 0 bridgehead atoms. The van der Waals surface area contributed by atoms with Gasteiger partial charge in [0.1, 0.15) is 18.0 Å². The molecule has 0 saturated heterocycles. The van der Waals surface area contributed by atoms with Gasteiger partial charge in [-0.1, -0.05) is 5.10 Å². The number of pyridine rings is 1. The Morgan fingerprint density at radius 1 is 1.14 bits per heavy atom. The number of H-pyrrole nitrogens is 1. The Bertz CT molecular complexity index is 710. The first-order valence-electron chi connectivity index (χ1n) is 6.38. The van der Waals surface area contributed by atoms with Gasteiger partial charge in [0.15, 0.2) is 0 Å². The van der Waals surface area contributed by atoms with Gasteiger partial charge < -0.3 is 10.6 Å². The molecule has 9 heteroatoms. The molecular formula is C12H13N9. The minimum atomic E-state index is 0.357. The van der Waals surface area contributed by atoms with Gasteiger partial charge >= 0.3 is 0 Å². The molecule has 3 N–H and O–H groups in total. The third-order valence-corrected chi connectivity index (χ3v) is 2.67. The molecule has 106 valence electrons. The molecule has 0 aliphatic rings. The highest BCUT2D eigenvalue weighted by Crippen LogP contribution is 2.21. The van der Waals surface area contributed by atoms with E-state index in [1.165, 1.54) is 6.33 Å². The molecule has 3 aromatic heterocycles. The molecule has 3 aromatic rings. The van der Waals surface area contributed by atoms with Crippen molar-refractivity contribution in [3.63, 3.8) is 0 Å². The molecule has 0 aliphatic heterocycles. The van der Waals surface area contributed by atoms with Crippen LogP contribution in [0.3, 0.4) is 0 Å². The monoisotopic (exact) mass is 283 g/mol. The van der Waals surface area contributed by atoms with Gasteiger partial charge in [-0.25, -0.2) is 15.0 Å². The molecule has 3 heterocycles. The second kappa shape index (κ2) is 5.90. The second-order valence-corrected chi connectivity index (χ2v) is 4.11. The molecule has 0 atom stereocenters. The van der Waals surface area contributed by atoms with Gasteiger partial charge in [0.2, 0.25) is 0 Å². The number of aromatic nitrogens is 7. The minimum Gasteiger partial charge on any atom is -0.370 e. The smallest absolute Gasteiger partial charge is 0.268 e. The molecule has 0 unspecified atom stereocenters. The lowest BCUT2D eigenvalue weighted by molar-refractivity contribution is 0.881. The zero-order chi connectivity index (χ0) is 14.5. The number of anilines is 3. The molecular weight excluding hydrogens is 270 g/mol. The van der Waals surface area contributed by atoms with Crippen LogP contribution in [-0.4, -0.2) is 42.1 Å². The van der Waals surface area contributed by atoms with Crippen molar-refractivity contribution in [3.8, 4) is 11.3 Å². The molecule has 3 rings (SSSR count). The molecule has 9 nitrogen and oxygen atoms in total. The van der Waals surface area contributed by atoms with Crippen molar-refractivity contribution in [2.24, 2.45) is 0 Å². The van der Waals surface area contributed by atoms with Crippen molar-refractivity contribution in [1.29, 1.82) is 0 Å².